The fraction of sp³-hybridized carbons (Fsp3) is 0.533. The zero-order valence-electron chi connectivity index (χ0n) is 13.2. The molecular weight excluding hydrogens is 278 g/mol. The molecule has 1 N–H and O–H groups in total. The standard InChI is InChI=1S/C15H23N7/c1-13(21-8-6-20(2)7-9-21)10-17-14-11-16-12-15(19-14)22-5-3-4-18-22/h3-5,11-13H,6-10H2,1-2H3,(H,17,19)/t13-/m1/s1. The van der Waals surface area contributed by atoms with E-state index in [1.54, 1.807) is 23.3 Å². The van der Waals surface area contributed by atoms with Gasteiger partial charge in [-0.05, 0) is 20.0 Å². The maximum Gasteiger partial charge on any atom is 0.173 e. The Morgan fingerprint density at radius 1 is 1.23 bits per heavy atom. The topological polar surface area (TPSA) is 62.1 Å². The highest BCUT2D eigenvalue weighted by molar-refractivity contribution is 5.35. The number of hydrogen-bond acceptors (Lipinski definition) is 6. The van der Waals surface area contributed by atoms with Crippen LogP contribution in [0.2, 0.25) is 0 Å². The summed E-state index contributed by atoms with van der Waals surface area (Å²) in [7, 11) is 2.18. The summed E-state index contributed by atoms with van der Waals surface area (Å²) in [6.45, 7) is 7.64. The highest BCUT2D eigenvalue weighted by Crippen LogP contribution is 2.09. The minimum absolute atomic E-state index is 0.476. The van der Waals surface area contributed by atoms with E-state index in [0.29, 0.717) is 6.04 Å². The van der Waals surface area contributed by atoms with Gasteiger partial charge in [-0.15, -0.1) is 0 Å². The molecular formula is C15H23N7. The molecule has 0 amide bonds. The van der Waals surface area contributed by atoms with Gasteiger partial charge in [-0.2, -0.15) is 5.10 Å². The Morgan fingerprint density at radius 3 is 2.77 bits per heavy atom. The predicted molar refractivity (Wildman–Crippen MR) is 86.2 cm³/mol. The number of aromatic nitrogens is 4. The fourth-order valence-electron chi connectivity index (χ4n) is 2.60. The molecule has 0 saturated carbocycles. The molecule has 0 radical (unpaired) electrons. The lowest BCUT2D eigenvalue weighted by Crippen LogP contribution is -2.49. The van der Waals surface area contributed by atoms with Crippen molar-refractivity contribution in [2.75, 3.05) is 45.1 Å². The largest absolute Gasteiger partial charge is 0.367 e. The van der Waals surface area contributed by atoms with Gasteiger partial charge in [0.05, 0.1) is 12.4 Å². The van der Waals surface area contributed by atoms with Crippen LogP contribution in [-0.2, 0) is 0 Å². The number of anilines is 1. The monoisotopic (exact) mass is 301 g/mol. The highest BCUT2D eigenvalue weighted by atomic mass is 15.3. The first-order chi connectivity index (χ1) is 10.7. The Kier molecular flexibility index (Phi) is 4.65. The van der Waals surface area contributed by atoms with Crippen molar-refractivity contribution < 1.29 is 0 Å². The van der Waals surface area contributed by atoms with Gasteiger partial charge in [0.1, 0.15) is 5.82 Å². The minimum Gasteiger partial charge on any atom is -0.367 e. The second kappa shape index (κ2) is 6.85. The molecule has 7 nitrogen and oxygen atoms in total. The molecule has 0 bridgehead atoms. The molecule has 1 atom stereocenters. The molecule has 0 aromatic carbocycles. The van der Waals surface area contributed by atoms with Gasteiger partial charge in [0.15, 0.2) is 5.82 Å². The molecule has 0 unspecified atom stereocenters. The van der Waals surface area contributed by atoms with Crippen LogP contribution in [0.25, 0.3) is 5.82 Å². The van der Waals surface area contributed by atoms with E-state index in [-0.39, 0.29) is 0 Å². The summed E-state index contributed by atoms with van der Waals surface area (Å²) in [4.78, 5) is 13.7. The zero-order chi connectivity index (χ0) is 15.4. The quantitative estimate of drug-likeness (QED) is 0.877. The Balaban J connectivity index is 1.56. The molecule has 2 aromatic heterocycles. The summed E-state index contributed by atoms with van der Waals surface area (Å²) in [6.07, 6.45) is 7.06. The Morgan fingerprint density at radius 2 is 2.05 bits per heavy atom. The first-order valence-electron chi connectivity index (χ1n) is 7.71. The Hall–Kier alpha value is -1.99. The first-order valence-corrected chi connectivity index (χ1v) is 7.71. The van der Waals surface area contributed by atoms with Gasteiger partial charge >= 0.3 is 0 Å². The summed E-state index contributed by atoms with van der Waals surface area (Å²) in [5.74, 6) is 1.51. The summed E-state index contributed by atoms with van der Waals surface area (Å²) >= 11 is 0. The lowest BCUT2D eigenvalue weighted by molar-refractivity contribution is 0.123. The maximum absolute atomic E-state index is 4.54. The predicted octanol–water partition coefficient (Wildman–Crippen LogP) is 0.710. The minimum atomic E-state index is 0.476. The van der Waals surface area contributed by atoms with Crippen LogP contribution in [-0.4, -0.2) is 75.4 Å². The molecule has 7 heteroatoms. The second-order valence-electron chi connectivity index (χ2n) is 5.78. The molecule has 2 aromatic rings. The van der Waals surface area contributed by atoms with E-state index < -0.39 is 0 Å². The third-order valence-electron chi connectivity index (χ3n) is 4.10. The van der Waals surface area contributed by atoms with Crippen molar-refractivity contribution in [3.05, 3.63) is 30.9 Å². The number of rotatable bonds is 5. The van der Waals surface area contributed by atoms with Crippen molar-refractivity contribution in [2.24, 2.45) is 0 Å². The molecule has 3 rings (SSSR count). The summed E-state index contributed by atoms with van der Waals surface area (Å²) in [5.41, 5.74) is 0. The van der Waals surface area contributed by atoms with E-state index in [0.717, 1.165) is 44.4 Å². The molecule has 3 heterocycles. The van der Waals surface area contributed by atoms with Gasteiger partial charge in [-0.25, -0.2) is 9.67 Å². The lowest BCUT2D eigenvalue weighted by Gasteiger charge is -2.36. The molecule has 1 aliphatic heterocycles. The van der Waals surface area contributed by atoms with E-state index in [1.165, 1.54) is 0 Å². The van der Waals surface area contributed by atoms with Gasteiger partial charge in [0.2, 0.25) is 0 Å². The van der Waals surface area contributed by atoms with E-state index >= 15 is 0 Å². The van der Waals surface area contributed by atoms with E-state index in [1.807, 2.05) is 12.3 Å². The molecule has 1 fully saturated rings. The zero-order valence-corrected chi connectivity index (χ0v) is 13.2. The average molecular weight is 301 g/mol. The molecule has 1 saturated heterocycles. The summed E-state index contributed by atoms with van der Waals surface area (Å²) < 4.78 is 1.71. The maximum atomic E-state index is 4.54. The van der Waals surface area contributed by atoms with Crippen LogP contribution in [0.3, 0.4) is 0 Å². The second-order valence-corrected chi connectivity index (χ2v) is 5.78. The van der Waals surface area contributed by atoms with Gasteiger partial charge < -0.3 is 10.2 Å². The van der Waals surface area contributed by atoms with E-state index in [2.05, 4.69) is 44.2 Å². The van der Waals surface area contributed by atoms with Crippen LogP contribution in [0, 0.1) is 0 Å². The van der Waals surface area contributed by atoms with Crippen LogP contribution in [0.5, 0.6) is 0 Å². The lowest BCUT2D eigenvalue weighted by atomic mass is 10.2. The third kappa shape index (κ3) is 3.61. The van der Waals surface area contributed by atoms with Crippen molar-refractivity contribution in [1.29, 1.82) is 0 Å². The van der Waals surface area contributed by atoms with Crippen molar-refractivity contribution in [2.45, 2.75) is 13.0 Å². The van der Waals surface area contributed by atoms with Crippen LogP contribution >= 0.6 is 0 Å². The number of nitrogens with one attached hydrogen (secondary N) is 1. The van der Waals surface area contributed by atoms with Crippen molar-refractivity contribution >= 4 is 5.82 Å². The smallest absolute Gasteiger partial charge is 0.173 e. The first kappa shape index (κ1) is 14.9. The normalized spacial score (nSPS) is 18.3. The molecule has 0 aliphatic carbocycles. The molecule has 22 heavy (non-hydrogen) atoms. The Bertz CT molecular complexity index is 575. The third-order valence-corrected chi connectivity index (χ3v) is 4.10. The highest BCUT2D eigenvalue weighted by Gasteiger charge is 2.18. The van der Waals surface area contributed by atoms with Gasteiger partial charge in [-0.1, -0.05) is 0 Å². The fourth-order valence-corrected chi connectivity index (χ4v) is 2.60. The van der Waals surface area contributed by atoms with Crippen LogP contribution in [0.4, 0.5) is 5.82 Å². The number of hydrogen-bond donors (Lipinski definition) is 1. The van der Waals surface area contributed by atoms with Gasteiger partial charge in [-0.3, -0.25) is 9.88 Å². The number of likely N-dealkylation sites (N-methyl/N-ethyl adjacent to an activating group) is 1. The van der Waals surface area contributed by atoms with Crippen molar-refractivity contribution in [1.82, 2.24) is 29.5 Å². The van der Waals surface area contributed by atoms with Crippen molar-refractivity contribution in [3.63, 3.8) is 0 Å². The molecule has 0 spiro atoms. The summed E-state index contributed by atoms with van der Waals surface area (Å²) in [6, 6.07) is 2.35. The van der Waals surface area contributed by atoms with Crippen LogP contribution in [0.15, 0.2) is 30.9 Å². The van der Waals surface area contributed by atoms with E-state index in [9.17, 15) is 0 Å². The van der Waals surface area contributed by atoms with Crippen molar-refractivity contribution in [3.8, 4) is 5.82 Å². The molecule has 1 aliphatic rings. The Labute approximate surface area is 131 Å². The summed E-state index contributed by atoms with van der Waals surface area (Å²) in [5, 5.41) is 7.56. The van der Waals surface area contributed by atoms with Gasteiger partial charge in [0, 0.05) is 51.2 Å². The van der Waals surface area contributed by atoms with Crippen LogP contribution in [0.1, 0.15) is 6.92 Å². The van der Waals surface area contributed by atoms with Gasteiger partial charge in [0.25, 0.3) is 0 Å². The SMILES string of the molecule is C[C@H](CNc1cncc(-n2cccn2)n1)N1CCN(C)CC1. The van der Waals surface area contributed by atoms with Crippen LogP contribution < -0.4 is 5.32 Å². The number of nitrogens with zero attached hydrogens (tertiary/aromatic N) is 6. The average Bonchev–Trinajstić information content (AvgIpc) is 3.08. The number of piperazine rings is 1. The molecule has 118 valence electrons. The van der Waals surface area contributed by atoms with E-state index in [4.69, 9.17) is 0 Å².